The number of hydrogen-bond donors (Lipinski definition) is 1. The van der Waals surface area contributed by atoms with E-state index in [1.54, 1.807) is 18.2 Å². The fourth-order valence-corrected chi connectivity index (χ4v) is 1.41. The van der Waals surface area contributed by atoms with Gasteiger partial charge in [-0.1, -0.05) is 18.2 Å². The molecule has 0 atom stereocenters. The standard InChI is InChI=1S/C13H11F2NO/c14-10-6-4-9(5-7-10)8-17-13-11(15)2-1-3-12(13)16/h1-7H,8,16H2. The molecule has 0 amide bonds. The summed E-state index contributed by atoms with van der Waals surface area (Å²) in [5.41, 5.74) is 6.57. The SMILES string of the molecule is Nc1cccc(F)c1OCc1ccc(F)cc1. The molecular formula is C13H11F2NO. The Morgan fingerprint density at radius 2 is 1.71 bits per heavy atom. The number of benzene rings is 2. The normalized spacial score (nSPS) is 10.2. The van der Waals surface area contributed by atoms with Crippen LogP contribution in [0.5, 0.6) is 5.75 Å². The molecule has 17 heavy (non-hydrogen) atoms. The van der Waals surface area contributed by atoms with Crippen LogP contribution in [-0.2, 0) is 6.61 Å². The molecule has 2 rings (SSSR count). The second-order valence-corrected chi connectivity index (χ2v) is 3.57. The van der Waals surface area contributed by atoms with Crippen LogP contribution in [0, 0.1) is 11.6 Å². The van der Waals surface area contributed by atoms with Gasteiger partial charge < -0.3 is 10.5 Å². The molecule has 0 saturated heterocycles. The maximum absolute atomic E-state index is 13.4. The number of anilines is 1. The van der Waals surface area contributed by atoms with Crippen molar-refractivity contribution in [2.24, 2.45) is 0 Å². The van der Waals surface area contributed by atoms with E-state index in [0.717, 1.165) is 5.56 Å². The van der Waals surface area contributed by atoms with E-state index >= 15 is 0 Å². The van der Waals surface area contributed by atoms with Crippen LogP contribution in [0.4, 0.5) is 14.5 Å². The van der Waals surface area contributed by atoms with Gasteiger partial charge in [-0.05, 0) is 29.8 Å². The highest BCUT2D eigenvalue weighted by atomic mass is 19.1. The summed E-state index contributed by atoms with van der Waals surface area (Å²) in [6.07, 6.45) is 0. The summed E-state index contributed by atoms with van der Waals surface area (Å²) in [6, 6.07) is 10.1. The molecule has 4 heteroatoms. The van der Waals surface area contributed by atoms with E-state index < -0.39 is 5.82 Å². The first-order valence-electron chi connectivity index (χ1n) is 5.08. The topological polar surface area (TPSA) is 35.2 Å². The molecule has 0 bridgehead atoms. The Labute approximate surface area is 97.6 Å². The maximum atomic E-state index is 13.4. The van der Waals surface area contributed by atoms with Crippen molar-refractivity contribution in [3.05, 3.63) is 59.7 Å². The van der Waals surface area contributed by atoms with E-state index in [4.69, 9.17) is 10.5 Å². The summed E-state index contributed by atoms with van der Waals surface area (Å²) in [4.78, 5) is 0. The largest absolute Gasteiger partial charge is 0.484 e. The van der Waals surface area contributed by atoms with Crippen LogP contribution in [0.2, 0.25) is 0 Å². The number of nitrogen functional groups attached to an aromatic ring is 1. The minimum absolute atomic E-state index is 0.0248. The van der Waals surface area contributed by atoms with Gasteiger partial charge in [0.05, 0.1) is 5.69 Å². The molecule has 0 aliphatic heterocycles. The van der Waals surface area contributed by atoms with E-state index in [2.05, 4.69) is 0 Å². The first-order chi connectivity index (χ1) is 8.16. The molecule has 0 spiro atoms. The average Bonchev–Trinajstić information content (AvgIpc) is 2.31. The molecule has 0 fully saturated rings. The molecule has 2 N–H and O–H groups in total. The van der Waals surface area contributed by atoms with E-state index in [0.29, 0.717) is 0 Å². The number of para-hydroxylation sites is 1. The van der Waals surface area contributed by atoms with Crippen LogP contribution in [0.25, 0.3) is 0 Å². The van der Waals surface area contributed by atoms with Crippen molar-refractivity contribution in [1.82, 2.24) is 0 Å². The van der Waals surface area contributed by atoms with Crippen molar-refractivity contribution in [3.63, 3.8) is 0 Å². The molecular weight excluding hydrogens is 224 g/mol. The molecule has 0 aliphatic rings. The fraction of sp³-hybridized carbons (Fsp3) is 0.0769. The lowest BCUT2D eigenvalue weighted by Crippen LogP contribution is -2.00. The van der Waals surface area contributed by atoms with Crippen LogP contribution in [-0.4, -0.2) is 0 Å². The average molecular weight is 235 g/mol. The van der Waals surface area contributed by atoms with Gasteiger partial charge in [0.25, 0.3) is 0 Å². The van der Waals surface area contributed by atoms with Crippen molar-refractivity contribution in [3.8, 4) is 5.75 Å². The third kappa shape index (κ3) is 2.72. The molecule has 2 aromatic rings. The minimum Gasteiger partial charge on any atom is -0.484 e. The van der Waals surface area contributed by atoms with Gasteiger partial charge in [-0.25, -0.2) is 8.78 Å². The Balaban J connectivity index is 2.10. The Hall–Kier alpha value is -2.10. The van der Waals surface area contributed by atoms with Crippen molar-refractivity contribution in [2.45, 2.75) is 6.61 Å². The Kier molecular flexibility index (Phi) is 3.23. The third-order valence-corrected chi connectivity index (χ3v) is 2.29. The molecule has 0 aliphatic carbocycles. The highest BCUT2D eigenvalue weighted by Crippen LogP contribution is 2.25. The van der Waals surface area contributed by atoms with Gasteiger partial charge in [-0.3, -0.25) is 0 Å². The first-order valence-corrected chi connectivity index (χ1v) is 5.08. The summed E-state index contributed by atoms with van der Waals surface area (Å²) >= 11 is 0. The smallest absolute Gasteiger partial charge is 0.178 e. The quantitative estimate of drug-likeness (QED) is 0.829. The molecule has 0 saturated carbocycles. The highest BCUT2D eigenvalue weighted by molar-refractivity contribution is 5.52. The highest BCUT2D eigenvalue weighted by Gasteiger charge is 2.07. The second-order valence-electron chi connectivity index (χ2n) is 3.57. The van der Waals surface area contributed by atoms with E-state index in [1.807, 2.05) is 0 Å². The zero-order valence-electron chi connectivity index (χ0n) is 8.99. The maximum Gasteiger partial charge on any atom is 0.178 e. The third-order valence-electron chi connectivity index (χ3n) is 2.29. The number of rotatable bonds is 3. The lowest BCUT2D eigenvalue weighted by Gasteiger charge is -2.09. The molecule has 0 radical (unpaired) electrons. The predicted molar refractivity (Wildman–Crippen MR) is 61.5 cm³/mol. The summed E-state index contributed by atoms with van der Waals surface area (Å²) < 4.78 is 31.3. The van der Waals surface area contributed by atoms with Gasteiger partial charge in [-0.15, -0.1) is 0 Å². The molecule has 2 aromatic carbocycles. The zero-order valence-corrected chi connectivity index (χ0v) is 8.99. The molecule has 88 valence electrons. The van der Waals surface area contributed by atoms with Gasteiger partial charge >= 0.3 is 0 Å². The Bertz CT molecular complexity index is 491. The van der Waals surface area contributed by atoms with Gasteiger partial charge in [0.15, 0.2) is 11.6 Å². The minimum atomic E-state index is -0.507. The number of nitrogens with two attached hydrogens (primary N) is 1. The lowest BCUT2D eigenvalue weighted by molar-refractivity contribution is 0.292. The van der Waals surface area contributed by atoms with E-state index in [1.165, 1.54) is 24.3 Å². The van der Waals surface area contributed by atoms with Crippen LogP contribution in [0.15, 0.2) is 42.5 Å². The molecule has 0 unspecified atom stereocenters. The molecule has 0 aromatic heterocycles. The lowest BCUT2D eigenvalue weighted by atomic mass is 10.2. The Morgan fingerprint density at radius 1 is 1.00 bits per heavy atom. The fourth-order valence-electron chi connectivity index (χ4n) is 1.41. The van der Waals surface area contributed by atoms with E-state index in [9.17, 15) is 8.78 Å². The monoisotopic (exact) mass is 235 g/mol. The predicted octanol–water partition coefficient (Wildman–Crippen LogP) is 3.13. The number of ether oxygens (including phenoxy) is 1. The van der Waals surface area contributed by atoms with Gasteiger partial charge in [0.1, 0.15) is 12.4 Å². The van der Waals surface area contributed by atoms with Crippen LogP contribution in [0.1, 0.15) is 5.56 Å². The van der Waals surface area contributed by atoms with Crippen LogP contribution >= 0.6 is 0 Å². The summed E-state index contributed by atoms with van der Waals surface area (Å²) in [5, 5.41) is 0. The van der Waals surface area contributed by atoms with Crippen molar-refractivity contribution in [1.29, 1.82) is 0 Å². The van der Waals surface area contributed by atoms with E-state index in [-0.39, 0.29) is 23.9 Å². The van der Waals surface area contributed by atoms with Crippen LogP contribution < -0.4 is 10.5 Å². The van der Waals surface area contributed by atoms with Gasteiger partial charge in [0, 0.05) is 0 Å². The van der Waals surface area contributed by atoms with Crippen LogP contribution in [0.3, 0.4) is 0 Å². The van der Waals surface area contributed by atoms with Crippen molar-refractivity contribution < 1.29 is 13.5 Å². The molecule has 0 heterocycles. The van der Waals surface area contributed by atoms with Gasteiger partial charge in [-0.2, -0.15) is 0 Å². The van der Waals surface area contributed by atoms with Crippen molar-refractivity contribution in [2.75, 3.05) is 5.73 Å². The number of hydrogen-bond acceptors (Lipinski definition) is 2. The molecule has 2 nitrogen and oxygen atoms in total. The first kappa shape index (κ1) is 11.4. The summed E-state index contributed by atoms with van der Waals surface area (Å²) in [5.74, 6) is -0.803. The number of halogens is 2. The summed E-state index contributed by atoms with van der Waals surface area (Å²) in [7, 11) is 0. The second kappa shape index (κ2) is 4.82. The van der Waals surface area contributed by atoms with Gasteiger partial charge in [0.2, 0.25) is 0 Å². The Morgan fingerprint density at radius 3 is 2.35 bits per heavy atom. The van der Waals surface area contributed by atoms with Crippen molar-refractivity contribution >= 4 is 5.69 Å². The zero-order chi connectivity index (χ0) is 12.3. The summed E-state index contributed by atoms with van der Waals surface area (Å²) in [6.45, 7) is 0.144.